The molecule has 0 bridgehead atoms. The lowest BCUT2D eigenvalue weighted by molar-refractivity contribution is -0.141. The summed E-state index contributed by atoms with van der Waals surface area (Å²) in [5, 5.41) is 15.9. The van der Waals surface area contributed by atoms with Crippen LogP contribution in [0.2, 0.25) is 0 Å². The molecule has 0 heterocycles. The van der Waals surface area contributed by atoms with Crippen LogP contribution in [0.3, 0.4) is 0 Å². The maximum atomic E-state index is 13.9. The van der Waals surface area contributed by atoms with E-state index in [1.54, 1.807) is 124 Å². The summed E-state index contributed by atoms with van der Waals surface area (Å²) in [7, 11) is 1.19. The van der Waals surface area contributed by atoms with E-state index in [9.17, 15) is 33.6 Å². The third-order valence-corrected chi connectivity index (χ3v) is 9.11. The molecule has 15 nitrogen and oxygen atoms in total. The number of methoxy groups -OCH3 is 1. The molecule has 0 saturated carbocycles. The molecule has 4 rings (SSSR count). The van der Waals surface area contributed by atoms with Crippen LogP contribution in [0.1, 0.15) is 43.0 Å². The van der Waals surface area contributed by atoms with Gasteiger partial charge in [0.05, 0.1) is 13.7 Å². The van der Waals surface area contributed by atoms with Gasteiger partial charge in [0.2, 0.25) is 29.5 Å². The highest BCUT2D eigenvalue weighted by atomic mass is 16.6. The first-order valence-corrected chi connectivity index (χ1v) is 19.9. The van der Waals surface area contributed by atoms with E-state index < -0.39 is 84.5 Å². The maximum absolute atomic E-state index is 13.9. The monoisotopic (exact) mass is 834 g/mol. The Morgan fingerprint density at radius 2 is 0.787 bits per heavy atom. The molecule has 322 valence electrons. The Labute approximate surface area is 355 Å². The quantitative estimate of drug-likeness (QED) is 0.0723. The lowest BCUT2D eigenvalue weighted by atomic mass is 10.0. The number of nitrogens with one attached hydrogen (secondary N) is 6. The van der Waals surface area contributed by atoms with E-state index in [-0.39, 0.29) is 25.7 Å². The van der Waals surface area contributed by atoms with E-state index in [1.807, 2.05) is 18.2 Å². The number of esters is 1. The van der Waals surface area contributed by atoms with E-state index in [4.69, 9.17) is 4.74 Å². The van der Waals surface area contributed by atoms with Crippen molar-refractivity contribution in [2.45, 2.75) is 76.2 Å². The van der Waals surface area contributed by atoms with Crippen LogP contribution in [0.25, 0.3) is 0 Å². The minimum Gasteiger partial charge on any atom is -0.468 e. The van der Waals surface area contributed by atoms with Gasteiger partial charge < -0.3 is 41.4 Å². The second-order valence-corrected chi connectivity index (χ2v) is 15.2. The number of alkyl carbamates (subject to hydrolysis) is 1. The van der Waals surface area contributed by atoms with E-state index in [0.29, 0.717) is 11.1 Å². The van der Waals surface area contributed by atoms with Crippen molar-refractivity contribution >= 4 is 41.6 Å². The molecule has 0 fully saturated rings. The molecule has 0 aliphatic heterocycles. The van der Waals surface area contributed by atoms with Gasteiger partial charge in [-0.15, -0.1) is 0 Å². The summed E-state index contributed by atoms with van der Waals surface area (Å²) in [4.78, 5) is 93.1. The van der Waals surface area contributed by atoms with Gasteiger partial charge in [0.25, 0.3) is 0 Å². The van der Waals surface area contributed by atoms with E-state index in [2.05, 4.69) is 36.6 Å². The number of rotatable bonds is 20. The Bertz CT molecular complexity index is 2060. The van der Waals surface area contributed by atoms with Gasteiger partial charge in [-0.3, -0.25) is 28.8 Å². The van der Waals surface area contributed by atoms with Gasteiger partial charge in [-0.2, -0.15) is 0 Å². The van der Waals surface area contributed by atoms with Gasteiger partial charge in [0.1, 0.15) is 36.3 Å². The lowest BCUT2D eigenvalue weighted by Crippen LogP contribution is -2.57. The number of benzene rings is 4. The molecule has 4 aromatic rings. The number of hydrogen-bond donors (Lipinski definition) is 6. The number of carbonyl (C=O) groups excluding carboxylic acids is 7. The van der Waals surface area contributed by atoms with Crippen molar-refractivity contribution in [3.63, 3.8) is 0 Å². The second kappa shape index (κ2) is 23.5. The van der Waals surface area contributed by atoms with E-state index in [1.165, 1.54) is 7.11 Å². The minimum absolute atomic E-state index is 0.0360. The molecule has 15 heteroatoms. The highest BCUT2D eigenvalue weighted by molar-refractivity contribution is 5.95. The van der Waals surface area contributed by atoms with Crippen LogP contribution in [0.15, 0.2) is 121 Å². The molecule has 0 radical (unpaired) electrons. The molecular weight excluding hydrogens is 781 g/mol. The van der Waals surface area contributed by atoms with Crippen LogP contribution < -0.4 is 31.9 Å². The molecule has 4 atom stereocenters. The van der Waals surface area contributed by atoms with Crippen LogP contribution in [-0.2, 0) is 63.9 Å². The van der Waals surface area contributed by atoms with Gasteiger partial charge in [-0.25, -0.2) is 4.79 Å². The number of carbonyl (C=O) groups is 7. The Balaban J connectivity index is 1.50. The summed E-state index contributed by atoms with van der Waals surface area (Å²) in [5.74, 6) is -4.08. The van der Waals surface area contributed by atoms with Crippen molar-refractivity contribution in [1.29, 1.82) is 0 Å². The van der Waals surface area contributed by atoms with Crippen LogP contribution >= 0.6 is 0 Å². The number of ether oxygens (including phenoxy) is 2. The van der Waals surface area contributed by atoms with E-state index >= 15 is 0 Å². The third kappa shape index (κ3) is 17.0. The summed E-state index contributed by atoms with van der Waals surface area (Å²) in [6.07, 6.45) is -0.557. The zero-order valence-electron chi connectivity index (χ0n) is 34.8. The van der Waals surface area contributed by atoms with Crippen molar-refractivity contribution in [3.05, 3.63) is 144 Å². The average molecular weight is 835 g/mol. The van der Waals surface area contributed by atoms with Crippen molar-refractivity contribution in [1.82, 2.24) is 31.9 Å². The van der Waals surface area contributed by atoms with Gasteiger partial charge in [-0.1, -0.05) is 121 Å². The van der Waals surface area contributed by atoms with Crippen LogP contribution in [0.4, 0.5) is 4.79 Å². The topological polar surface area (TPSA) is 210 Å². The largest absolute Gasteiger partial charge is 0.468 e. The highest BCUT2D eigenvalue weighted by Gasteiger charge is 2.31. The van der Waals surface area contributed by atoms with Gasteiger partial charge in [0, 0.05) is 25.7 Å². The molecule has 0 aliphatic rings. The standard InChI is InChI=1S/C46H54N6O9/c1-46(2,3)61-45(59)52-38(28-34-23-15-8-16-24-34)44(58)51-35(25-31-17-9-5-10-18-31)41(55)47-29-39(53)49-37(27-33-21-13-7-14-22-33)43(57)50-36(26-32-19-11-6-12-20-32)42(56)48-30-40(54)60-4/h5-24,35-38H,25-30H2,1-4H3,(H,47,55)(H,48,56)(H,49,53)(H,50,57)(H,51,58)(H,52,59)/t35-,36-,37-,38-/m0/s1. The van der Waals surface area contributed by atoms with Crippen molar-refractivity contribution < 1.29 is 43.0 Å². The van der Waals surface area contributed by atoms with Gasteiger partial charge in [0.15, 0.2) is 0 Å². The summed E-state index contributed by atoms with van der Waals surface area (Å²) in [6.45, 7) is 4.10. The van der Waals surface area contributed by atoms with Crippen molar-refractivity contribution in [2.75, 3.05) is 20.2 Å². The smallest absolute Gasteiger partial charge is 0.408 e. The molecule has 0 unspecified atom stereocenters. The number of hydrogen-bond acceptors (Lipinski definition) is 9. The zero-order chi connectivity index (χ0) is 44.2. The predicted molar refractivity (Wildman–Crippen MR) is 228 cm³/mol. The fourth-order valence-electron chi connectivity index (χ4n) is 6.12. The van der Waals surface area contributed by atoms with Crippen LogP contribution in [0.5, 0.6) is 0 Å². The van der Waals surface area contributed by atoms with Gasteiger partial charge in [-0.05, 0) is 43.0 Å². The van der Waals surface area contributed by atoms with Crippen LogP contribution in [-0.4, -0.2) is 91.6 Å². The fraction of sp³-hybridized carbons (Fsp3) is 0.326. The molecule has 6 N–H and O–H groups in total. The average Bonchev–Trinajstić information content (AvgIpc) is 3.24. The molecule has 4 aromatic carbocycles. The molecule has 6 amide bonds. The Morgan fingerprint density at radius 3 is 1.13 bits per heavy atom. The summed E-state index contributed by atoms with van der Waals surface area (Å²) in [5.41, 5.74) is 2.07. The first kappa shape index (κ1) is 46.7. The third-order valence-electron chi connectivity index (χ3n) is 9.11. The molecule has 0 aliphatic carbocycles. The highest BCUT2D eigenvalue weighted by Crippen LogP contribution is 2.11. The van der Waals surface area contributed by atoms with E-state index in [0.717, 1.165) is 11.1 Å². The maximum Gasteiger partial charge on any atom is 0.408 e. The molecule has 61 heavy (non-hydrogen) atoms. The molecule has 0 saturated heterocycles. The Morgan fingerprint density at radius 1 is 0.459 bits per heavy atom. The minimum atomic E-state index is -1.20. The summed E-state index contributed by atoms with van der Waals surface area (Å²) < 4.78 is 10.1. The van der Waals surface area contributed by atoms with Gasteiger partial charge >= 0.3 is 12.1 Å². The lowest BCUT2D eigenvalue weighted by Gasteiger charge is -2.26. The van der Waals surface area contributed by atoms with Crippen molar-refractivity contribution in [2.24, 2.45) is 0 Å². The zero-order valence-corrected chi connectivity index (χ0v) is 34.8. The fourth-order valence-corrected chi connectivity index (χ4v) is 6.12. The summed E-state index contributed by atoms with van der Waals surface area (Å²) >= 11 is 0. The van der Waals surface area contributed by atoms with Crippen molar-refractivity contribution in [3.8, 4) is 0 Å². The molecule has 0 aromatic heterocycles. The first-order chi connectivity index (χ1) is 29.2. The number of amides is 6. The first-order valence-electron chi connectivity index (χ1n) is 19.9. The molecular formula is C46H54N6O9. The Kier molecular flexibility index (Phi) is 18.0. The Hall–Kier alpha value is -7.03. The summed E-state index contributed by atoms with van der Waals surface area (Å²) in [6, 6.07) is 31.2. The normalized spacial score (nSPS) is 12.9. The SMILES string of the molecule is COC(=O)CNC(=O)[C@H](Cc1ccccc1)NC(=O)[C@H](Cc1ccccc1)NC(=O)CNC(=O)[C@H](Cc1ccccc1)NC(=O)[C@H](Cc1ccccc1)NC(=O)OC(C)(C)C. The molecule has 0 spiro atoms. The second-order valence-electron chi connectivity index (χ2n) is 15.2. The van der Waals surface area contributed by atoms with Crippen LogP contribution in [0, 0.1) is 0 Å². The predicted octanol–water partition coefficient (Wildman–Crippen LogP) is 2.71.